The number of ether oxygens (including phenoxy) is 2. The Bertz CT molecular complexity index is 759. The largest absolute Gasteiger partial charge is 0.484 e. The molecule has 2 aromatic carbocycles. The molecule has 0 radical (unpaired) electrons. The fourth-order valence-corrected chi connectivity index (χ4v) is 2.85. The van der Waals surface area contributed by atoms with Crippen molar-refractivity contribution in [3.63, 3.8) is 0 Å². The second kappa shape index (κ2) is 9.28. The first-order valence-electron chi connectivity index (χ1n) is 8.73. The summed E-state index contributed by atoms with van der Waals surface area (Å²) in [4.78, 5) is 27.9. The van der Waals surface area contributed by atoms with Gasteiger partial charge in [-0.3, -0.25) is 9.59 Å². The number of carbonyl (C=O) groups is 2. The lowest BCUT2D eigenvalue weighted by molar-refractivity contribution is -0.141. The van der Waals surface area contributed by atoms with Crippen molar-refractivity contribution in [3.05, 3.63) is 59.6 Å². The number of rotatable bonds is 6. The zero-order valence-corrected chi connectivity index (χ0v) is 15.6. The van der Waals surface area contributed by atoms with Crippen LogP contribution in [0.3, 0.4) is 0 Å². The minimum Gasteiger partial charge on any atom is -0.484 e. The molecule has 0 atom stereocenters. The highest BCUT2D eigenvalue weighted by atomic mass is 35.5. The molecule has 27 heavy (non-hydrogen) atoms. The third-order valence-electron chi connectivity index (χ3n) is 4.27. The summed E-state index contributed by atoms with van der Waals surface area (Å²) < 4.78 is 11.0. The number of carbonyl (C=O) groups excluding carboxylic acids is 2. The normalized spacial score (nSPS) is 14.0. The van der Waals surface area contributed by atoms with Crippen LogP contribution >= 0.6 is 11.6 Å². The van der Waals surface area contributed by atoms with Crippen molar-refractivity contribution < 1.29 is 19.1 Å². The maximum atomic E-state index is 12.3. The molecule has 7 heteroatoms. The van der Waals surface area contributed by atoms with Gasteiger partial charge in [-0.15, -0.1) is 0 Å². The number of amides is 2. The molecule has 0 bridgehead atoms. The topological polar surface area (TPSA) is 59.1 Å². The van der Waals surface area contributed by atoms with Crippen LogP contribution in [0.5, 0.6) is 11.5 Å². The van der Waals surface area contributed by atoms with E-state index in [4.69, 9.17) is 21.1 Å². The molecule has 0 unspecified atom stereocenters. The van der Waals surface area contributed by atoms with E-state index in [0.717, 1.165) is 0 Å². The molecule has 1 heterocycles. The van der Waals surface area contributed by atoms with Crippen molar-refractivity contribution in [1.82, 2.24) is 9.80 Å². The second-order valence-electron chi connectivity index (χ2n) is 6.11. The molecule has 0 spiro atoms. The average Bonchev–Trinajstić information content (AvgIpc) is 2.72. The highest BCUT2D eigenvalue weighted by Crippen LogP contribution is 2.15. The highest BCUT2D eigenvalue weighted by Gasteiger charge is 2.24. The fourth-order valence-electron chi connectivity index (χ4n) is 2.73. The number of piperazine rings is 1. The maximum absolute atomic E-state index is 12.3. The van der Waals surface area contributed by atoms with Crippen LogP contribution in [0.4, 0.5) is 0 Å². The molecule has 0 aliphatic carbocycles. The van der Waals surface area contributed by atoms with Gasteiger partial charge in [0.2, 0.25) is 0 Å². The quantitative estimate of drug-likeness (QED) is 0.762. The van der Waals surface area contributed by atoms with E-state index in [0.29, 0.717) is 42.7 Å². The first-order valence-corrected chi connectivity index (χ1v) is 9.11. The lowest BCUT2D eigenvalue weighted by atomic mass is 10.3. The van der Waals surface area contributed by atoms with Crippen molar-refractivity contribution >= 4 is 23.4 Å². The molecule has 1 fully saturated rings. The van der Waals surface area contributed by atoms with Crippen LogP contribution in [-0.2, 0) is 9.59 Å². The van der Waals surface area contributed by atoms with Crippen LogP contribution in [0, 0.1) is 0 Å². The first-order chi connectivity index (χ1) is 13.1. The molecule has 3 rings (SSSR count). The number of benzene rings is 2. The molecule has 142 valence electrons. The predicted octanol–water partition coefficient (Wildman–Crippen LogP) is 2.47. The van der Waals surface area contributed by atoms with Gasteiger partial charge in [-0.05, 0) is 36.4 Å². The summed E-state index contributed by atoms with van der Waals surface area (Å²) in [5.74, 6) is 1.08. The smallest absolute Gasteiger partial charge is 0.260 e. The highest BCUT2D eigenvalue weighted by molar-refractivity contribution is 6.30. The molecule has 2 amide bonds. The average molecular weight is 389 g/mol. The lowest BCUT2D eigenvalue weighted by Gasteiger charge is -2.34. The van der Waals surface area contributed by atoms with Gasteiger partial charge in [0.25, 0.3) is 11.8 Å². The number of hydrogen-bond donors (Lipinski definition) is 0. The Kier molecular flexibility index (Phi) is 6.54. The van der Waals surface area contributed by atoms with Crippen LogP contribution in [0.25, 0.3) is 0 Å². The Morgan fingerprint density at radius 3 is 1.67 bits per heavy atom. The van der Waals surface area contributed by atoms with Gasteiger partial charge < -0.3 is 19.3 Å². The van der Waals surface area contributed by atoms with E-state index < -0.39 is 0 Å². The number of para-hydroxylation sites is 1. The number of nitrogens with zero attached hydrogens (tertiary/aromatic N) is 2. The Balaban J connectivity index is 1.39. The van der Waals surface area contributed by atoms with Crippen LogP contribution in [-0.4, -0.2) is 61.0 Å². The van der Waals surface area contributed by atoms with Gasteiger partial charge in [-0.25, -0.2) is 0 Å². The van der Waals surface area contributed by atoms with Gasteiger partial charge in [0.15, 0.2) is 13.2 Å². The predicted molar refractivity (Wildman–Crippen MR) is 102 cm³/mol. The van der Waals surface area contributed by atoms with Crippen LogP contribution in [0.1, 0.15) is 0 Å². The number of halogens is 1. The molecule has 0 aromatic heterocycles. The molecular weight excluding hydrogens is 368 g/mol. The van der Waals surface area contributed by atoms with Gasteiger partial charge >= 0.3 is 0 Å². The molecular formula is C20H21ClN2O4. The van der Waals surface area contributed by atoms with Gasteiger partial charge in [-0.2, -0.15) is 0 Å². The summed E-state index contributed by atoms with van der Waals surface area (Å²) >= 11 is 5.82. The van der Waals surface area contributed by atoms with Crippen molar-refractivity contribution in [2.24, 2.45) is 0 Å². The summed E-state index contributed by atoms with van der Waals surface area (Å²) in [6.07, 6.45) is 0. The van der Waals surface area contributed by atoms with E-state index in [1.165, 1.54) is 0 Å². The molecule has 1 aliphatic heterocycles. The van der Waals surface area contributed by atoms with Crippen LogP contribution in [0.15, 0.2) is 54.6 Å². The van der Waals surface area contributed by atoms with E-state index in [1.807, 2.05) is 30.3 Å². The van der Waals surface area contributed by atoms with Crippen molar-refractivity contribution in [1.29, 1.82) is 0 Å². The van der Waals surface area contributed by atoms with Gasteiger partial charge in [0.05, 0.1) is 0 Å². The van der Waals surface area contributed by atoms with E-state index in [9.17, 15) is 9.59 Å². The molecule has 1 saturated heterocycles. The zero-order chi connectivity index (χ0) is 19.1. The Morgan fingerprint density at radius 2 is 1.19 bits per heavy atom. The van der Waals surface area contributed by atoms with Crippen molar-refractivity contribution in [2.75, 3.05) is 39.4 Å². The first kappa shape index (κ1) is 19.0. The SMILES string of the molecule is O=C(COc1ccccc1)N1CCN(C(=O)COc2ccc(Cl)cc2)CC1. The molecule has 2 aromatic rings. The van der Waals surface area contributed by atoms with Crippen LogP contribution in [0.2, 0.25) is 5.02 Å². The Labute approximate surface area is 163 Å². The van der Waals surface area contributed by atoms with Crippen LogP contribution < -0.4 is 9.47 Å². The monoisotopic (exact) mass is 388 g/mol. The van der Waals surface area contributed by atoms with Crippen molar-refractivity contribution in [2.45, 2.75) is 0 Å². The fraction of sp³-hybridized carbons (Fsp3) is 0.300. The third kappa shape index (κ3) is 5.62. The molecule has 1 aliphatic rings. The minimum absolute atomic E-state index is 0.00234. The van der Waals surface area contributed by atoms with Gasteiger partial charge in [0, 0.05) is 31.2 Å². The van der Waals surface area contributed by atoms with Gasteiger partial charge in [0.1, 0.15) is 11.5 Å². The Morgan fingerprint density at radius 1 is 0.741 bits per heavy atom. The zero-order valence-electron chi connectivity index (χ0n) is 14.8. The lowest BCUT2D eigenvalue weighted by Crippen LogP contribution is -2.52. The maximum Gasteiger partial charge on any atom is 0.260 e. The number of hydrogen-bond acceptors (Lipinski definition) is 4. The second-order valence-corrected chi connectivity index (χ2v) is 6.54. The van der Waals surface area contributed by atoms with Gasteiger partial charge in [-0.1, -0.05) is 29.8 Å². The summed E-state index contributed by atoms with van der Waals surface area (Å²) in [6.45, 7) is 1.91. The summed E-state index contributed by atoms with van der Waals surface area (Å²) in [5.41, 5.74) is 0. The Hall–Kier alpha value is -2.73. The molecule has 0 saturated carbocycles. The summed E-state index contributed by atoms with van der Waals surface area (Å²) in [6, 6.07) is 16.1. The molecule has 0 N–H and O–H groups in total. The van der Waals surface area contributed by atoms with E-state index in [1.54, 1.807) is 34.1 Å². The van der Waals surface area contributed by atoms with E-state index >= 15 is 0 Å². The molecule has 6 nitrogen and oxygen atoms in total. The standard InChI is InChI=1S/C20H21ClN2O4/c21-16-6-8-18(9-7-16)27-15-20(25)23-12-10-22(11-13-23)19(24)14-26-17-4-2-1-3-5-17/h1-9H,10-15H2. The van der Waals surface area contributed by atoms with E-state index in [-0.39, 0.29) is 25.0 Å². The minimum atomic E-state index is -0.0995. The van der Waals surface area contributed by atoms with Crippen molar-refractivity contribution in [3.8, 4) is 11.5 Å². The van der Waals surface area contributed by atoms with E-state index in [2.05, 4.69) is 0 Å². The third-order valence-corrected chi connectivity index (χ3v) is 4.52. The summed E-state index contributed by atoms with van der Waals surface area (Å²) in [5, 5.41) is 0.616. The summed E-state index contributed by atoms with van der Waals surface area (Å²) in [7, 11) is 0.